The number of nitrogens with zero attached hydrogens (tertiary/aromatic N) is 1. The Bertz CT molecular complexity index is 932. The van der Waals surface area contributed by atoms with Gasteiger partial charge in [0.05, 0.1) is 0 Å². The highest BCUT2D eigenvalue weighted by Crippen LogP contribution is 2.40. The number of amides is 2. The zero-order valence-corrected chi connectivity index (χ0v) is 16.7. The van der Waals surface area contributed by atoms with Crippen molar-refractivity contribution in [2.24, 2.45) is 0 Å². The summed E-state index contributed by atoms with van der Waals surface area (Å²) < 4.78 is 13.0. The van der Waals surface area contributed by atoms with E-state index < -0.39 is 5.91 Å². The van der Waals surface area contributed by atoms with Gasteiger partial charge in [-0.1, -0.05) is 18.2 Å². The summed E-state index contributed by atoms with van der Waals surface area (Å²) in [6.45, 7) is 1.65. The van der Waals surface area contributed by atoms with E-state index in [0.717, 1.165) is 29.5 Å². The third kappa shape index (κ3) is 5.11. The lowest BCUT2D eigenvalue weighted by Gasteiger charge is -2.23. The van der Waals surface area contributed by atoms with Crippen molar-refractivity contribution < 1.29 is 19.2 Å². The number of hydrogen-bond acceptors (Lipinski definition) is 5. The van der Waals surface area contributed by atoms with Crippen LogP contribution in [0.1, 0.15) is 52.2 Å². The van der Waals surface area contributed by atoms with Crippen LogP contribution in [0.3, 0.4) is 0 Å². The molecule has 30 heavy (non-hydrogen) atoms. The number of hydroxylamine groups is 2. The molecular formula is C23H26FN3O3. The molecule has 158 valence electrons. The second-order valence-corrected chi connectivity index (χ2v) is 8.06. The third-order valence-electron chi connectivity index (χ3n) is 5.79. The van der Waals surface area contributed by atoms with Crippen LogP contribution < -0.4 is 10.6 Å². The van der Waals surface area contributed by atoms with E-state index in [4.69, 9.17) is 0 Å². The Balaban J connectivity index is 1.17. The van der Waals surface area contributed by atoms with E-state index in [0.29, 0.717) is 43.6 Å². The Hall–Kier alpha value is -2.61. The number of rotatable bonds is 7. The van der Waals surface area contributed by atoms with Gasteiger partial charge in [0.15, 0.2) is 0 Å². The van der Waals surface area contributed by atoms with Gasteiger partial charge in [0, 0.05) is 37.0 Å². The van der Waals surface area contributed by atoms with Crippen LogP contribution in [0.15, 0.2) is 42.5 Å². The van der Waals surface area contributed by atoms with Crippen molar-refractivity contribution in [1.29, 1.82) is 0 Å². The average Bonchev–Trinajstić information content (AvgIpc) is 3.50. The first-order chi connectivity index (χ1) is 14.5. The average molecular weight is 411 g/mol. The molecule has 0 bridgehead atoms. The van der Waals surface area contributed by atoms with Crippen LogP contribution in [0, 0.1) is 5.82 Å². The molecule has 1 aliphatic carbocycles. The molecule has 0 radical (unpaired) electrons. The molecule has 2 amide bonds. The maximum atomic E-state index is 13.0. The van der Waals surface area contributed by atoms with Crippen molar-refractivity contribution in [3.05, 3.63) is 70.5 Å². The van der Waals surface area contributed by atoms with Crippen LogP contribution in [0.2, 0.25) is 0 Å². The molecule has 6 nitrogen and oxygen atoms in total. The van der Waals surface area contributed by atoms with Crippen LogP contribution in [0.5, 0.6) is 0 Å². The Kier molecular flexibility index (Phi) is 6.22. The topological polar surface area (TPSA) is 81.7 Å². The quantitative estimate of drug-likeness (QED) is 0.611. The minimum atomic E-state index is -0.413. The number of nitrogens with one attached hydrogen (secondary N) is 2. The number of benzene rings is 2. The third-order valence-corrected chi connectivity index (χ3v) is 5.79. The van der Waals surface area contributed by atoms with E-state index in [-0.39, 0.29) is 18.1 Å². The van der Waals surface area contributed by atoms with Crippen molar-refractivity contribution in [3.63, 3.8) is 0 Å². The van der Waals surface area contributed by atoms with E-state index in [2.05, 4.69) is 10.6 Å². The summed E-state index contributed by atoms with van der Waals surface area (Å²) in [6.07, 6.45) is 2.65. The first-order valence-corrected chi connectivity index (χ1v) is 10.4. The Morgan fingerprint density at radius 1 is 1.13 bits per heavy atom. The predicted octanol–water partition coefficient (Wildman–Crippen LogP) is 2.76. The van der Waals surface area contributed by atoms with Gasteiger partial charge in [0.25, 0.3) is 5.91 Å². The number of carbonyl (C=O) groups is 2. The van der Waals surface area contributed by atoms with Crippen molar-refractivity contribution in [3.8, 4) is 0 Å². The van der Waals surface area contributed by atoms with Gasteiger partial charge in [-0.3, -0.25) is 14.9 Å². The highest BCUT2D eigenvalue weighted by atomic mass is 19.1. The molecule has 2 atom stereocenters. The lowest BCUT2D eigenvalue weighted by atomic mass is 9.98. The number of imide groups is 1. The minimum Gasteiger partial charge on any atom is -0.314 e. The van der Waals surface area contributed by atoms with Crippen molar-refractivity contribution in [2.45, 2.75) is 44.2 Å². The summed E-state index contributed by atoms with van der Waals surface area (Å²) in [4.78, 5) is 24.4. The largest absolute Gasteiger partial charge is 0.314 e. The summed E-state index contributed by atoms with van der Waals surface area (Å²) in [7, 11) is 0. The van der Waals surface area contributed by atoms with Gasteiger partial charge >= 0.3 is 0 Å². The molecule has 2 unspecified atom stereocenters. The van der Waals surface area contributed by atoms with Crippen LogP contribution in [-0.4, -0.2) is 41.2 Å². The lowest BCUT2D eigenvalue weighted by molar-refractivity contribution is -0.120. The SMILES string of the molecule is O=C(CCCNC1CC1c1ccc(F)cc1)NC(=O)c1ccc2c(c1)CN(O)CC2. The van der Waals surface area contributed by atoms with Crippen LogP contribution in [0.25, 0.3) is 0 Å². The molecule has 1 fully saturated rings. The van der Waals surface area contributed by atoms with Crippen molar-refractivity contribution in [1.82, 2.24) is 15.7 Å². The van der Waals surface area contributed by atoms with Gasteiger partial charge in [0.2, 0.25) is 5.91 Å². The smallest absolute Gasteiger partial charge is 0.257 e. The molecule has 1 saturated carbocycles. The fourth-order valence-corrected chi connectivity index (χ4v) is 3.98. The second kappa shape index (κ2) is 9.04. The highest BCUT2D eigenvalue weighted by molar-refractivity contribution is 6.04. The maximum absolute atomic E-state index is 13.0. The Labute approximate surface area is 175 Å². The molecule has 1 aliphatic heterocycles. The number of carbonyl (C=O) groups excluding carboxylic acids is 2. The lowest BCUT2D eigenvalue weighted by Crippen LogP contribution is -2.32. The van der Waals surface area contributed by atoms with E-state index in [9.17, 15) is 19.2 Å². The van der Waals surface area contributed by atoms with Gasteiger partial charge < -0.3 is 10.5 Å². The van der Waals surface area contributed by atoms with Gasteiger partial charge in [-0.25, -0.2) is 4.39 Å². The fourth-order valence-electron chi connectivity index (χ4n) is 3.98. The molecule has 2 aliphatic rings. The predicted molar refractivity (Wildman–Crippen MR) is 110 cm³/mol. The number of fused-ring (bicyclic) bond motifs is 1. The Morgan fingerprint density at radius 2 is 1.93 bits per heavy atom. The van der Waals surface area contributed by atoms with Gasteiger partial charge in [-0.05, 0) is 66.8 Å². The molecule has 3 N–H and O–H groups in total. The van der Waals surface area contributed by atoms with E-state index >= 15 is 0 Å². The zero-order chi connectivity index (χ0) is 21.1. The summed E-state index contributed by atoms with van der Waals surface area (Å²) in [5.74, 6) is -0.534. The second-order valence-electron chi connectivity index (χ2n) is 8.06. The number of hydrogen-bond donors (Lipinski definition) is 3. The number of halogens is 1. The normalized spacial score (nSPS) is 20.5. The molecular weight excluding hydrogens is 385 g/mol. The van der Waals surface area contributed by atoms with Crippen LogP contribution in [-0.2, 0) is 17.8 Å². The maximum Gasteiger partial charge on any atom is 0.257 e. The minimum absolute atomic E-state index is 0.227. The Morgan fingerprint density at radius 3 is 2.73 bits per heavy atom. The summed E-state index contributed by atoms with van der Waals surface area (Å²) in [5.41, 5.74) is 3.59. The summed E-state index contributed by atoms with van der Waals surface area (Å²) in [5, 5.41) is 16.7. The van der Waals surface area contributed by atoms with Gasteiger partial charge in [-0.15, -0.1) is 0 Å². The zero-order valence-electron chi connectivity index (χ0n) is 16.7. The molecule has 0 aromatic heterocycles. The summed E-state index contributed by atoms with van der Waals surface area (Å²) >= 11 is 0. The molecule has 0 spiro atoms. The van der Waals surface area contributed by atoms with Gasteiger partial charge in [-0.2, -0.15) is 5.06 Å². The molecule has 4 rings (SSSR count). The molecule has 2 aromatic carbocycles. The van der Waals surface area contributed by atoms with Gasteiger partial charge in [0.1, 0.15) is 5.82 Å². The molecule has 0 saturated heterocycles. The first-order valence-electron chi connectivity index (χ1n) is 10.4. The monoisotopic (exact) mass is 411 g/mol. The molecule has 2 aromatic rings. The van der Waals surface area contributed by atoms with E-state index in [1.165, 1.54) is 17.2 Å². The van der Waals surface area contributed by atoms with Crippen LogP contribution >= 0.6 is 0 Å². The highest BCUT2D eigenvalue weighted by Gasteiger charge is 2.37. The molecule has 7 heteroatoms. The van der Waals surface area contributed by atoms with E-state index in [1.54, 1.807) is 12.1 Å². The fraction of sp³-hybridized carbons (Fsp3) is 0.391. The van der Waals surface area contributed by atoms with Crippen molar-refractivity contribution >= 4 is 11.8 Å². The van der Waals surface area contributed by atoms with E-state index in [1.807, 2.05) is 18.2 Å². The first kappa shape index (κ1) is 20.7. The summed E-state index contributed by atoms with van der Waals surface area (Å²) in [6, 6.07) is 12.3. The van der Waals surface area contributed by atoms with Crippen molar-refractivity contribution in [2.75, 3.05) is 13.1 Å². The van der Waals surface area contributed by atoms with Crippen LogP contribution in [0.4, 0.5) is 4.39 Å². The molecule has 1 heterocycles. The standard InChI is InChI=1S/C23H26FN3O3/c24-19-7-5-16(6-8-19)20-13-21(20)25-10-1-2-22(28)26-23(29)17-4-3-15-9-11-27(30)14-18(15)12-17/h3-8,12,20-21,25,30H,1-2,9-11,13-14H2,(H,26,28,29).